The predicted octanol–water partition coefficient (Wildman–Crippen LogP) is 5.80. The monoisotopic (exact) mass is 376 g/mol. The molecule has 0 spiro atoms. The maximum Gasteiger partial charge on any atom is 0.0675 e. The molecule has 2 unspecified atom stereocenters. The van der Waals surface area contributed by atoms with Crippen molar-refractivity contribution in [2.75, 3.05) is 6.61 Å². The first kappa shape index (κ1) is 20.2. The molecule has 2 N–H and O–H groups in total. The zero-order chi connectivity index (χ0) is 19.9. The minimum Gasteiger partial charge on any atom is -0.396 e. The van der Waals surface area contributed by atoms with Gasteiger partial charge in [-0.1, -0.05) is 41.0 Å². The second-order valence-electron chi connectivity index (χ2n) is 12.7. The second-order valence-corrected chi connectivity index (χ2v) is 12.7. The van der Waals surface area contributed by atoms with Gasteiger partial charge >= 0.3 is 0 Å². The molecule has 0 radical (unpaired) electrons. The Kier molecular flexibility index (Phi) is 4.47. The smallest absolute Gasteiger partial charge is 0.0675 e. The van der Waals surface area contributed by atoms with Crippen LogP contribution in [0, 0.1) is 45.3 Å². The summed E-state index contributed by atoms with van der Waals surface area (Å²) in [6, 6.07) is 0. The molecule has 0 saturated heterocycles. The second kappa shape index (κ2) is 5.97. The first-order chi connectivity index (χ1) is 12.4. The van der Waals surface area contributed by atoms with E-state index < -0.39 is 5.60 Å². The van der Waals surface area contributed by atoms with E-state index in [0.717, 1.165) is 24.7 Å². The quantitative estimate of drug-likeness (QED) is 0.607. The Balaban J connectivity index is 1.73. The van der Waals surface area contributed by atoms with Crippen LogP contribution in [0.5, 0.6) is 0 Å². The molecule has 27 heavy (non-hydrogen) atoms. The molecule has 2 nitrogen and oxygen atoms in total. The fraction of sp³-hybridized carbons (Fsp3) is 1.00. The molecule has 0 aromatic heterocycles. The normalized spacial score (nSPS) is 57.3. The van der Waals surface area contributed by atoms with E-state index in [4.69, 9.17) is 0 Å². The molecular weight excluding hydrogens is 332 g/mol. The topological polar surface area (TPSA) is 40.5 Å². The maximum absolute atomic E-state index is 11.1. The van der Waals surface area contributed by atoms with Crippen LogP contribution in [0.3, 0.4) is 0 Å². The number of fused-ring (bicyclic) bond motifs is 5. The highest BCUT2D eigenvalue weighted by Gasteiger charge is 2.67. The van der Waals surface area contributed by atoms with Gasteiger partial charge in [0.1, 0.15) is 0 Å². The average Bonchev–Trinajstić information content (AvgIpc) is 2.52. The lowest BCUT2D eigenvalue weighted by molar-refractivity contribution is -0.240. The Bertz CT molecular complexity index is 575. The molecule has 2 heteroatoms. The molecular formula is C25H44O2. The van der Waals surface area contributed by atoms with Gasteiger partial charge in [-0.25, -0.2) is 0 Å². The van der Waals surface area contributed by atoms with Gasteiger partial charge in [-0.15, -0.1) is 0 Å². The third-order valence-corrected chi connectivity index (χ3v) is 11.1. The largest absolute Gasteiger partial charge is 0.396 e. The molecule has 0 aromatic carbocycles. The lowest BCUT2D eigenvalue weighted by atomic mass is 9.34. The van der Waals surface area contributed by atoms with Crippen LogP contribution in [-0.4, -0.2) is 22.4 Å². The van der Waals surface area contributed by atoms with Gasteiger partial charge in [0.25, 0.3) is 0 Å². The van der Waals surface area contributed by atoms with Crippen molar-refractivity contribution in [3.8, 4) is 0 Å². The first-order valence-electron chi connectivity index (χ1n) is 11.7. The lowest BCUT2D eigenvalue weighted by Crippen LogP contribution is -2.65. The van der Waals surface area contributed by atoms with Crippen molar-refractivity contribution >= 4 is 0 Å². The van der Waals surface area contributed by atoms with Crippen molar-refractivity contribution in [3.63, 3.8) is 0 Å². The van der Waals surface area contributed by atoms with Crippen LogP contribution in [0.1, 0.15) is 99.3 Å². The summed E-state index contributed by atoms with van der Waals surface area (Å²) in [5, 5.41) is 21.3. The molecule has 4 saturated carbocycles. The predicted molar refractivity (Wildman–Crippen MR) is 111 cm³/mol. The number of aliphatic hydroxyl groups excluding tert-OH is 1. The van der Waals surface area contributed by atoms with Gasteiger partial charge in [0.05, 0.1) is 5.60 Å². The summed E-state index contributed by atoms with van der Waals surface area (Å²) in [7, 11) is 0. The van der Waals surface area contributed by atoms with Gasteiger partial charge in [0.15, 0.2) is 0 Å². The van der Waals surface area contributed by atoms with Crippen molar-refractivity contribution in [1.29, 1.82) is 0 Å². The number of hydrogen-bond acceptors (Lipinski definition) is 2. The van der Waals surface area contributed by atoms with Gasteiger partial charge in [-0.05, 0) is 97.7 Å². The summed E-state index contributed by atoms with van der Waals surface area (Å²) in [4.78, 5) is 0. The van der Waals surface area contributed by atoms with Gasteiger partial charge in [0.2, 0.25) is 0 Å². The average molecular weight is 377 g/mol. The molecule has 4 aliphatic rings. The highest BCUT2D eigenvalue weighted by molar-refractivity contribution is 5.16. The van der Waals surface area contributed by atoms with E-state index in [9.17, 15) is 10.2 Å². The van der Waals surface area contributed by atoms with Crippen molar-refractivity contribution in [3.05, 3.63) is 0 Å². The molecule has 0 heterocycles. The minimum atomic E-state index is -0.711. The van der Waals surface area contributed by atoms with Crippen LogP contribution in [-0.2, 0) is 0 Å². The number of rotatable bonds is 1. The van der Waals surface area contributed by atoms with Gasteiger partial charge in [-0.2, -0.15) is 0 Å². The van der Waals surface area contributed by atoms with E-state index in [1.807, 2.05) is 6.92 Å². The summed E-state index contributed by atoms with van der Waals surface area (Å²) in [5.41, 5.74) is 0.700. The Labute approximate surface area is 167 Å². The van der Waals surface area contributed by atoms with E-state index in [0.29, 0.717) is 22.2 Å². The lowest BCUT2D eigenvalue weighted by Gasteiger charge is -2.71. The first-order valence-corrected chi connectivity index (χ1v) is 11.7. The van der Waals surface area contributed by atoms with E-state index in [1.54, 1.807) is 0 Å². The van der Waals surface area contributed by atoms with E-state index >= 15 is 0 Å². The fourth-order valence-corrected chi connectivity index (χ4v) is 9.95. The highest BCUT2D eigenvalue weighted by atomic mass is 16.3. The molecule has 156 valence electrons. The summed E-state index contributed by atoms with van der Waals surface area (Å²) in [5.74, 6) is 2.34. The number of hydrogen-bond donors (Lipinski definition) is 2. The third-order valence-electron chi connectivity index (χ3n) is 11.1. The highest BCUT2D eigenvalue weighted by Crippen LogP contribution is 2.73. The molecule has 0 aromatic rings. The van der Waals surface area contributed by atoms with Gasteiger partial charge in [-0.3, -0.25) is 0 Å². The molecule has 0 amide bonds. The Morgan fingerprint density at radius 2 is 1.19 bits per heavy atom. The summed E-state index contributed by atoms with van der Waals surface area (Å²) in [6.07, 6.45) is 11.4. The summed E-state index contributed by atoms with van der Waals surface area (Å²) >= 11 is 0. The van der Waals surface area contributed by atoms with Crippen LogP contribution in [0.2, 0.25) is 0 Å². The van der Waals surface area contributed by atoms with Gasteiger partial charge in [0, 0.05) is 12.5 Å². The van der Waals surface area contributed by atoms with Crippen LogP contribution in [0.15, 0.2) is 0 Å². The fourth-order valence-electron chi connectivity index (χ4n) is 9.95. The minimum absolute atomic E-state index is 0.0230. The Hall–Kier alpha value is -0.0800. The zero-order valence-corrected chi connectivity index (χ0v) is 18.8. The zero-order valence-electron chi connectivity index (χ0n) is 18.8. The molecule has 8 atom stereocenters. The van der Waals surface area contributed by atoms with E-state index in [1.165, 1.54) is 44.9 Å². The van der Waals surface area contributed by atoms with Gasteiger partial charge < -0.3 is 10.2 Å². The third kappa shape index (κ3) is 2.57. The molecule has 4 rings (SSSR count). The van der Waals surface area contributed by atoms with E-state index in [2.05, 4.69) is 34.6 Å². The molecule has 0 aliphatic heterocycles. The molecule has 4 fully saturated rings. The van der Waals surface area contributed by atoms with E-state index in [-0.39, 0.29) is 17.9 Å². The maximum atomic E-state index is 11.1. The summed E-state index contributed by atoms with van der Waals surface area (Å²) in [6.45, 7) is 14.8. The SMILES string of the molecule is CC1(C)CCC[C@@]2(C)C1CC[C@]1(C)C2CC[C@]2(C)[C@@H](CO)[C@](C)(O)CC[C@@H]21. The van der Waals surface area contributed by atoms with Crippen molar-refractivity contribution < 1.29 is 10.2 Å². The Morgan fingerprint density at radius 3 is 1.85 bits per heavy atom. The molecule has 4 aliphatic carbocycles. The summed E-state index contributed by atoms with van der Waals surface area (Å²) < 4.78 is 0. The van der Waals surface area contributed by atoms with Crippen LogP contribution in [0.4, 0.5) is 0 Å². The molecule has 0 bridgehead atoms. The van der Waals surface area contributed by atoms with Crippen molar-refractivity contribution in [1.82, 2.24) is 0 Å². The van der Waals surface area contributed by atoms with Crippen molar-refractivity contribution in [2.24, 2.45) is 45.3 Å². The Morgan fingerprint density at radius 1 is 0.667 bits per heavy atom. The standard InChI is InChI=1S/C25H44O2/c1-21(2)11-7-12-22(3)17(21)8-13-23(4)18(22)9-14-24(5)19(23)10-15-25(6,27)20(24)16-26/h17-20,26-27H,7-16H2,1-6H3/t17?,18?,19-,20-,22+,23-,24+,25-/m1/s1. The van der Waals surface area contributed by atoms with Crippen LogP contribution < -0.4 is 0 Å². The van der Waals surface area contributed by atoms with Crippen LogP contribution >= 0.6 is 0 Å². The van der Waals surface area contributed by atoms with Crippen molar-refractivity contribution in [2.45, 2.75) is 105 Å². The number of aliphatic hydroxyl groups is 2. The van der Waals surface area contributed by atoms with Crippen LogP contribution in [0.25, 0.3) is 0 Å².